The fourth-order valence-electron chi connectivity index (χ4n) is 0.421. The number of ether oxygens (including phenoxy) is 1. The molecule has 0 aromatic carbocycles. The number of carbonyl (C=O) groups is 1. The van der Waals surface area contributed by atoms with E-state index in [4.69, 9.17) is 6.11 Å². The van der Waals surface area contributed by atoms with Gasteiger partial charge in [0, 0.05) is 1.37 Å². The molecule has 0 aliphatic carbocycles. The van der Waals surface area contributed by atoms with Crippen molar-refractivity contribution in [2.45, 2.75) is 27.2 Å². The van der Waals surface area contributed by atoms with Gasteiger partial charge in [0.2, 0.25) is 0 Å². The number of carbonyl (C=O) groups excluding carboxylic acids is 1. The van der Waals surface area contributed by atoms with Crippen LogP contribution in [0.25, 0.3) is 0 Å². The van der Waals surface area contributed by atoms with Gasteiger partial charge in [-0.05, 0) is 32.9 Å². The highest BCUT2D eigenvalue weighted by Crippen LogP contribution is 2.14. The number of rotatable bonds is 3. The Balaban J connectivity index is 3.59. The summed E-state index contributed by atoms with van der Waals surface area (Å²) in [5.41, 5.74) is -0.911. The average molecular weight is 178 g/mol. The van der Waals surface area contributed by atoms with Gasteiger partial charge in [-0.1, -0.05) is 0 Å². The fraction of sp³-hybridized carbons (Fsp3) is 0.875. The maximum atomic E-state index is 11.1. The Bertz CT molecular complexity index is 152. The Labute approximate surface area is 75.1 Å². The molecule has 0 heterocycles. The summed E-state index contributed by atoms with van der Waals surface area (Å²) in [6.07, 6.45) is 0.477. The smallest absolute Gasteiger partial charge is 0.311 e. The predicted octanol–water partition coefficient (Wildman–Crippen LogP) is 1.90. The van der Waals surface area contributed by atoms with Crippen LogP contribution >= 0.6 is 12.6 Å². The van der Waals surface area contributed by atoms with Gasteiger partial charge in [-0.2, -0.15) is 12.6 Å². The highest BCUT2D eigenvalue weighted by molar-refractivity contribution is 7.80. The molecule has 0 amide bonds. The van der Waals surface area contributed by atoms with Crippen molar-refractivity contribution in [2.24, 2.45) is 5.41 Å². The Morgan fingerprint density at radius 2 is 2.18 bits per heavy atom. The molecule has 0 aliphatic rings. The van der Waals surface area contributed by atoms with Crippen LogP contribution in [0.15, 0.2) is 0 Å². The van der Waals surface area contributed by atoms with E-state index in [1.54, 1.807) is 20.8 Å². The average Bonchev–Trinajstić information content (AvgIpc) is 1.84. The lowest BCUT2D eigenvalue weighted by molar-refractivity contribution is -0.152. The van der Waals surface area contributed by atoms with Crippen LogP contribution in [0, 0.1) is 5.41 Å². The van der Waals surface area contributed by atoms with Gasteiger partial charge in [-0.15, -0.1) is 0 Å². The second kappa shape index (κ2) is 4.65. The van der Waals surface area contributed by atoms with Crippen molar-refractivity contribution < 1.29 is 10.9 Å². The van der Waals surface area contributed by atoms with Crippen molar-refractivity contribution in [3.8, 4) is 0 Å². The molecular formula is C8H16O2S. The molecule has 66 valence electrons. The third kappa shape index (κ3) is 5.13. The predicted molar refractivity (Wildman–Crippen MR) is 48.9 cm³/mol. The maximum Gasteiger partial charge on any atom is 0.311 e. The maximum absolute atomic E-state index is 11.1. The van der Waals surface area contributed by atoms with Crippen LogP contribution < -0.4 is 0 Å². The van der Waals surface area contributed by atoms with Crippen LogP contribution in [0.3, 0.4) is 0 Å². The topological polar surface area (TPSA) is 26.3 Å². The molecule has 0 rings (SSSR count). The van der Waals surface area contributed by atoms with E-state index >= 15 is 0 Å². The van der Waals surface area contributed by atoms with Crippen molar-refractivity contribution in [1.29, 1.82) is 0 Å². The summed E-state index contributed by atoms with van der Waals surface area (Å²) >= 11 is 3.85. The lowest BCUT2D eigenvalue weighted by Crippen LogP contribution is -2.23. The van der Waals surface area contributed by atoms with Gasteiger partial charge >= 0.3 is 5.97 Å². The van der Waals surface area contributed by atoms with E-state index in [-0.39, 0.29) is 12.6 Å². The quantitative estimate of drug-likeness (QED) is 0.527. The largest absolute Gasteiger partial charge is 0.465 e. The first-order valence-electron chi connectivity index (χ1n) is 4.19. The third-order valence-corrected chi connectivity index (χ3v) is 1.35. The van der Waals surface area contributed by atoms with Gasteiger partial charge in [0.1, 0.15) is 0 Å². The van der Waals surface area contributed by atoms with Gasteiger partial charge in [0.05, 0.1) is 12.0 Å². The Hall–Kier alpha value is -0.180. The second-order valence-corrected chi connectivity index (χ2v) is 3.72. The first-order valence-corrected chi connectivity index (χ1v) is 4.13. The lowest BCUT2D eigenvalue weighted by atomic mass is 9.97. The minimum atomic E-state index is -0.460. The van der Waals surface area contributed by atoms with Gasteiger partial charge in [-0.25, -0.2) is 0 Å². The molecule has 0 saturated carbocycles. The highest BCUT2D eigenvalue weighted by atomic mass is 32.1. The second-order valence-electron chi connectivity index (χ2n) is 3.36. The van der Waals surface area contributed by atoms with E-state index in [0.717, 1.165) is 0 Å². The van der Waals surface area contributed by atoms with Gasteiger partial charge in [-0.3, -0.25) is 4.79 Å². The van der Waals surface area contributed by atoms with Crippen molar-refractivity contribution in [1.82, 2.24) is 0 Å². The van der Waals surface area contributed by atoms with Crippen LogP contribution in [0.1, 0.15) is 28.6 Å². The minimum Gasteiger partial charge on any atom is -0.465 e. The van der Waals surface area contributed by atoms with Crippen molar-refractivity contribution in [2.75, 3.05) is 12.3 Å². The molecule has 0 aromatic heterocycles. The molecule has 0 fully saturated rings. The van der Waals surface area contributed by atoms with E-state index in [9.17, 15) is 4.79 Å². The molecule has 1 atom stereocenters. The Morgan fingerprint density at radius 1 is 1.64 bits per heavy atom. The van der Waals surface area contributed by atoms with E-state index in [2.05, 4.69) is 12.6 Å². The standard InChI is InChI=1S/C8H16O2S/c1-8(2,3)7(9)10-5-4-6-11/h11H,4-6H2,1-3H3/i6T. The van der Waals surface area contributed by atoms with Gasteiger partial charge in [0.15, 0.2) is 0 Å². The summed E-state index contributed by atoms with van der Waals surface area (Å²) in [4.78, 5) is 11.1. The number of thiol groups is 1. The summed E-state index contributed by atoms with van der Waals surface area (Å²) < 4.78 is 12.0. The number of hydrogen-bond acceptors (Lipinski definition) is 3. The van der Waals surface area contributed by atoms with E-state index in [0.29, 0.717) is 6.42 Å². The van der Waals surface area contributed by atoms with Crippen LogP contribution in [-0.4, -0.2) is 18.3 Å². The van der Waals surface area contributed by atoms with E-state index in [1.807, 2.05) is 0 Å². The van der Waals surface area contributed by atoms with Gasteiger partial charge < -0.3 is 4.74 Å². The summed E-state index contributed by atoms with van der Waals surface area (Å²) in [7, 11) is 0. The Kier molecular flexibility index (Phi) is 3.77. The molecular weight excluding hydrogens is 160 g/mol. The van der Waals surface area contributed by atoms with Crippen molar-refractivity contribution >= 4 is 18.6 Å². The molecule has 3 heteroatoms. The number of esters is 1. The fourth-order valence-corrected chi connectivity index (χ4v) is 0.526. The zero-order valence-corrected chi connectivity index (χ0v) is 8.15. The van der Waals surface area contributed by atoms with E-state index in [1.165, 1.54) is 0 Å². The van der Waals surface area contributed by atoms with Crippen LogP contribution in [0.2, 0.25) is 0 Å². The summed E-state index contributed by atoms with van der Waals surface area (Å²) in [6, 6.07) is 0. The van der Waals surface area contributed by atoms with Crippen molar-refractivity contribution in [3.05, 3.63) is 0 Å². The van der Waals surface area contributed by atoms with Crippen LogP contribution in [0.5, 0.6) is 0 Å². The molecule has 0 saturated heterocycles. The van der Waals surface area contributed by atoms with E-state index < -0.39 is 11.1 Å². The van der Waals surface area contributed by atoms with Gasteiger partial charge in [0.25, 0.3) is 0 Å². The zero-order chi connectivity index (χ0) is 9.78. The molecule has 0 bridgehead atoms. The first-order chi connectivity index (χ1) is 5.34. The Morgan fingerprint density at radius 3 is 2.55 bits per heavy atom. The molecule has 0 aliphatic heterocycles. The molecule has 11 heavy (non-hydrogen) atoms. The SMILES string of the molecule is [3H]C(S)CCOC(=O)C(C)(C)C. The highest BCUT2D eigenvalue weighted by Gasteiger charge is 2.22. The van der Waals surface area contributed by atoms with Crippen molar-refractivity contribution in [3.63, 3.8) is 0 Å². The zero-order valence-electron chi connectivity index (χ0n) is 8.26. The van der Waals surface area contributed by atoms with Crippen LogP contribution in [0.4, 0.5) is 0 Å². The summed E-state index contributed by atoms with van der Waals surface area (Å²) in [5, 5.41) is 0. The normalized spacial score (nSPS) is 15.5. The molecule has 2 nitrogen and oxygen atoms in total. The summed E-state index contributed by atoms with van der Waals surface area (Å²) in [5.74, 6) is -0.225. The molecule has 1 unspecified atom stereocenters. The monoisotopic (exact) mass is 178 g/mol. The molecule has 0 N–H and O–H groups in total. The van der Waals surface area contributed by atoms with Crippen LogP contribution in [-0.2, 0) is 9.53 Å². The minimum absolute atomic E-state index is 0.225. The summed E-state index contributed by atoms with van der Waals surface area (Å²) in [6.45, 7) is 5.68. The third-order valence-electron chi connectivity index (χ3n) is 1.09. The molecule has 0 aromatic rings. The lowest BCUT2D eigenvalue weighted by Gasteiger charge is -2.15. The molecule has 0 spiro atoms. The first kappa shape index (κ1) is 8.91. The molecule has 0 radical (unpaired) electrons. The number of hydrogen-bond donors (Lipinski definition) is 1.